The first-order valence-corrected chi connectivity index (χ1v) is 5.89. The minimum Gasteiger partial charge on any atom is -0.419 e. The molecular formula is C12H12F3N3O3. The highest BCUT2D eigenvalue weighted by Crippen LogP contribution is 2.26. The van der Waals surface area contributed by atoms with Crippen LogP contribution >= 0.6 is 0 Å². The average molecular weight is 303 g/mol. The highest BCUT2D eigenvalue weighted by atomic mass is 19.4. The van der Waals surface area contributed by atoms with Gasteiger partial charge in [0, 0.05) is 5.56 Å². The number of aromatic nitrogens is 2. The Kier molecular flexibility index (Phi) is 4.14. The summed E-state index contributed by atoms with van der Waals surface area (Å²) in [5, 5.41) is 16.7. The summed E-state index contributed by atoms with van der Waals surface area (Å²) in [6, 6.07) is 4.10. The van der Waals surface area contributed by atoms with Gasteiger partial charge in [0.2, 0.25) is 11.8 Å². The minimum absolute atomic E-state index is 0.0376. The first-order chi connectivity index (χ1) is 9.76. The molecule has 2 atom stereocenters. The van der Waals surface area contributed by atoms with E-state index in [4.69, 9.17) is 10.2 Å². The summed E-state index contributed by atoms with van der Waals surface area (Å²) in [6.45, 7) is 1.47. The Morgan fingerprint density at radius 1 is 1.24 bits per heavy atom. The number of hydrogen-bond donors (Lipinski definition) is 2. The summed E-state index contributed by atoms with van der Waals surface area (Å²) >= 11 is 0. The average Bonchev–Trinajstić information content (AvgIpc) is 2.86. The molecule has 0 aliphatic carbocycles. The van der Waals surface area contributed by atoms with E-state index in [2.05, 4.69) is 14.9 Å². The molecule has 3 N–H and O–H groups in total. The van der Waals surface area contributed by atoms with E-state index in [1.165, 1.54) is 19.1 Å². The SMILES string of the molecule is C[C@@H](O)[C@H](N)c1nnc(-c2ccc(OC(F)(F)F)cc2)o1. The number of hydrogen-bond acceptors (Lipinski definition) is 6. The molecule has 21 heavy (non-hydrogen) atoms. The zero-order chi connectivity index (χ0) is 15.6. The predicted molar refractivity (Wildman–Crippen MR) is 65.0 cm³/mol. The second-order valence-electron chi connectivity index (χ2n) is 4.28. The molecule has 0 aliphatic heterocycles. The van der Waals surface area contributed by atoms with Gasteiger partial charge in [-0.2, -0.15) is 0 Å². The van der Waals surface area contributed by atoms with E-state index in [1.807, 2.05) is 0 Å². The molecule has 1 aromatic heterocycles. The van der Waals surface area contributed by atoms with Crippen LogP contribution < -0.4 is 10.5 Å². The molecule has 2 rings (SSSR count). The molecule has 1 aromatic carbocycles. The van der Waals surface area contributed by atoms with Crippen molar-refractivity contribution in [3.05, 3.63) is 30.2 Å². The summed E-state index contributed by atoms with van der Waals surface area (Å²) in [5.74, 6) is -0.234. The second kappa shape index (κ2) is 5.70. The van der Waals surface area contributed by atoms with E-state index in [0.717, 1.165) is 12.1 Å². The summed E-state index contributed by atoms with van der Waals surface area (Å²) in [5.41, 5.74) is 6.04. The molecule has 0 bridgehead atoms. The van der Waals surface area contributed by atoms with Crippen molar-refractivity contribution in [2.45, 2.75) is 25.4 Å². The number of aliphatic hydroxyl groups excluding tert-OH is 1. The summed E-state index contributed by atoms with van der Waals surface area (Å²) in [6.07, 6.45) is -5.62. The molecule has 1 heterocycles. The molecule has 9 heteroatoms. The molecular weight excluding hydrogens is 291 g/mol. The molecule has 2 aromatic rings. The van der Waals surface area contributed by atoms with Crippen LogP contribution in [0.1, 0.15) is 18.9 Å². The number of rotatable bonds is 4. The van der Waals surface area contributed by atoms with Crippen LogP contribution in [-0.4, -0.2) is 27.8 Å². The number of alkyl halides is 3. The normalized spacial score (nSPS) is 14.8. The number of nitrogens with two attached hydrogens (primary N) is 1. The molecule has 0 radical (unpaired) electrons. The lowest BCUT2D eigenvalue weighted by molar-refractivity contribution is -0.274. The minimum atomic E-state index is -4.75. The molecule has 0 amide bonds. The molecule has 6 nitrogen and oxygen atoms in total. The zero-order valence-electron chi connectivity index (χ0n) is 10.8. The number of nitrogens with zero attached hydrogens (tertiary/aromatic N) is 2. The number of ether oxygens (including phenoxy) is 1. The topological polar surface area (TPSA) is 94.4 Å². The number of halogens is 3. The summed E-state index contributed by atoms with van der Waals surface area (Å²) in [7, 11) is 0. The standard InChI is InChI=1S/C12H12F3N3O3/c1-6(19)9(16)11-18-17-10(20-11)7-2-4-8(5-3-7)21-12(13,14)15/h2-6,9,19H,16H2,1H3/t6-,9+/m1/s1. The predicted octanol–water partition coefficient (Wildman–Crippen LogP) is 2.02. The van der Waals surface area contributed by atoms with Gasteiger partial charge < -0.3 is 20.0 Å². The third-order valence-electron chi connectivity index (χ3n) is 2.58. The van der Waals surface area contributed by atoms with Crippen LogP contribution in [0.5, 0.6) is 5.75 Å². The lowest BCUT2D eigenvalue weighted by atomic mass is 10.2. The molecule has 0 unspecified atom stereocenters. The van der Waals surface area contributed by atoms with Crippen LogP contribution in [-0.2, 0) is 0 Å². The number of aliphatic hydroxyl groups is 1. The fraction of sp³-hybridized carbons (Fsp3) is 0.333. The fourth-order valence-corrected chi connectivity index (χ4v) is 1.49. The van der Waals surface area contributed by atoms with Crippen LogP contribution in [0, 0.1) is 0 Å². The molecule has 0 saturated heterocycles. The van der Waals surface area contributed by atoms with E-state index in [9.17, 15) is 18.3 Å². The Hall–Kier alpha value is -2.13. The lowest BCUT2D eigenvalue weighted by Gasteiger charge is -2.09. The van der Waals surface area contributed by atoms with E-state index >= 15 is 0 Å². The highest BCUT2D eigenvalue weighted by molar-refractivity contribution is 5.54. The van der Waals surface area contributed by atoms with Gasteiger partial charge in [-0.15, -0.1) is 23.4 Å². The van der Waals surface area contributed by atoms with Gasteiger partial charge in [-0.25, -0.2) is 0 Å². The van der Waals surface area contributed by atoms with Crippen molar-refractivity contribution in [2.24, 2.45) is 5.73 Å². The van der Waals surface area contributed by atoms with Crippen molar-refractivity contribution in [3.63, 3.8) is 0 Å². The van der Waals surface area contributed by atoms with E-state index in [0.29, 0.717) is 5.56 Å². The second-order valence-corrected chi connectivity index (χ2v) is 4.28. The van der Waals surface area contributed by atoms with Crippen molar-refractivity contribution in [1.82, 2.24) is 10.2 Å². The van der Waals surface area contributed by atoms with Crippen LogP contribution in [0.2, 0.25) is 0 Å². The van der Waals surface area contributed by atoms with Crippen molar-refractivity contribution >= 4 is 0 Å². The Labute approximate surface area is 117 Å². The van der Waals surface area contributed by atoms with Gasteiger partial charge in [-0.05, 0) is 31.2 Å². The van der Waals surface area contributed by atoms with Crippen molar-refractivity contribution < 1.29 is 27.4 Å². The summed E-state index contributed by atoms with van der Waals surface area (Å²) < 4.78 is 45.1. The van der Waals surface area contributed by atoms with Gasteiger partial charge in [0.15, 0.2) is 0 Å². The maximum absolute atomic E-state index is 12.0. The first kappa shape index (κ1) is 15.3. The van der Waals surface area contributed by atoms with Gasteiger partial charge in [0.05, 0.1) is 6.10 Å². The third-order valence-corrected chi connectivity index (χ3v) is 2.58. The zero-order valence-corrected chi connectivity index (χ0v) is 10.8. The van der Waals surface area contributed by atoms with E-state index in [1.54, 1.807) is 0 Å². The smallest absolute Gasteiger partial charge is 0.419 e. The molecule has 0 aliphatic rings. The lowest BCUT2D eigenvalue weighted by Crippen LogP contribution is -2.23. The molecule has 0 saturated carbocycles. The fourth-order valence-electron chi connectivity index (χ4n) is 1.49. The molecule has 114 valence electrons. The van der Waals surface area contributed by atoms with Crippen LogP contribution in [0.25, 0.3) is 11.5 Å². The van der Waals surface area contributed by atoms with Crippen molar-refractivity contribution in [2.75, 3.05) is 0 Å². The van der Waals surface area contributed by atoms with Gasteiger partial charge >= 0.3 is 6.36 Å². The molecule has 0 spiro atoms. The Balaban J connectivity index is 2.16. The maximum atomic E-state index is 12.0. The van der Waals surface area contributed by atoms with Gasteiger partial charge in [-0.1, -0.05) is 0 Å². The molecule has 0 fully saturated rings. The number of benzene rings is 1. The Morgan fingerprint density at radius 3 is 2.38 bits per heavy atom. The third kappa shape index (κ3) is 3.92. The Morgan fingerprint density at radius 2 is 1.86 bits per heavy atom. The first-order valence-electron chi connectivity index (χ1n) is 5.89. The van der Waals surface area contributed by atoms with Crippen LogP contribution in [0.3, 0.4) is 0 Å². The van der Waals surface area contributed by atoms with Crippen molar-refractivity contribution in [3.8, 4) is 17.2 Å². The van der Waals surface area contributed by atoms with Crippen LogP contribution in [0.4, 0.5) is 13.2 Å². The quantitative estimate of drug-likeness (QED) is 0.897. The van der Waals surface area contributed by atoms with Gasteiger partial charge in [-0.3, -0.25) is 0 Å². The highest BCUT2D eigenvalue weighted by Gasteiger charge is 2.31. The van der Waals surface area contributed by atoms with E-state index < -0.39 is 18.5 Å². The van der Waals surface area contributed by atoms with Crippen LogP contribution in [0.15, 0.2) is 28.7 Å². The summed E-state index contributed by atoms with van der Waals surface area (Å²) in [4.78, 5) is 0. The van der Waals surface area contributed by atoms with Gasteiger partial charge in [0.25, 0.3) is 0 Å². The Bertz CT molecular complexity index is 596. The van der Waals surface area contributed by atoms with Gasteiger partial charge in [0.1, 0.15) is 11.8 Å². The van der Waals surface area contributed by atoms with E-state index in [-0.39, 0.29) is 17.5 Å². The van der Waals surface area contributed by atoms with Crippen molar-refractivity contribution in [1.29, 1.82) is 0 Å². The monoisotopic (exact) mass is 303 g/mol. The maximum Gasteiger partial charge on any atom is 0.573 e. The largest absolute Gasteiger partial charge is 0.573 e.